The number of amides is 1. The molecule has 0 saturated carbocycles. The summed E-state index contributed by atoms with van der Waals surface area (Å²) in [7, 11) is 1.38. The summed E-state index contributed by atoms with van der Waals surface area (Å²) in [5, 5.41) is 22.6. The molecule has 10 heteroatoms. The Hall–Kier alpha value is -3.27. The van der Waals surface area contributed by atoms with E-state index in [0.29, 0.717) is 16.9 Å². The van der Waals surface area contributed by atoms with Gasteiger partial charge >= 0.3 is 6.18 Å². The second-order valence-electron chi connectivity index (χ2n) is 5.58. The molecule has 0 aliphatic rings. The van der Waals surface area contributed by atoms with E-state index in [1.807, 2.05) is 0 Å². The Bertz CT molecular complexity index is 869. The van der Waals surface area contributed by atoms with Gasteiger partial charge in [0.25, 0.3) is 5.91 Å². The average molecular weight is 398 g/mol. The Morgan fingerprint density at radius 2 is 1.96 bits per heavy atom. The molecule has 7 nitrogen and oxygen atoms in total. The van der Waals surface area contributed by atoms with E-state index in [0.717, 1.165) is 6.07 Å². The number of rotatable bonds is 7. The van der Waals surface area contributed by atoms with Crippen LogP contribution in [0.4, 0.5) is 13.2 Å². The lowest BCUT2D eigenvalue weighted by atomic mass is 10.1. The lowest BCUT2D eigenvalue weighted by Gasteiger charge is -2.11. The molecule has 1 amide bonds. The molecule has 2 aromatic rings. The summed E-state index contributed by atoms with van der Waals surface area (Å²) < 4.78 is 46.3. The summed E-state index contributed by atoms with van der Waals surface area (Å²) in [6.45, 7) is -1.71. The zero-order chi connectivity index (χ0) is 20.7. The fourth-order valence-corrected chi connectivity index (χ4v) is 2.21. The third kappa shape index (κ3) is 6.16. The van der Waals surface area contributed by atoms with Gasteiger partial charge < -0.3 is 19.7 Å². The van der Waals surface area contributed by atoms with Crippen LogP contribution in [0, 0.1) is 0 Å². The van der Waals surface area contributed by atoms with Crippen LogP contribution < -0.4 is 10.2 Å². The second kappa shape index (κ2) is 9.09. The number of benzene rings is 2. The van der Waals surface area contributed by atoms with Crippen molar-refractivity contribution in [3.63, 3.8) is 0 Å². The number of phenolic OH excluding ortho intramolecular Hbond substituents is 2. The van der Waals surface area contributed by atoms with E-state index in [1.54, 1.807) is 6.07 Å². The first-order valence-electron chi connectivity index (χ1n) is 7.86. The monoisotopic (exact) mass is 398 g/mol. The van der Waals surface area contributed by atoms with E-state index in [4.69, 9.17) is 4.74 Å². The quantitative estimate of drug-likeness (QED) is 0.492. The molecule has 0 unspecified atom stereocenters. The fraction of sp³-hybridized carbons (Fsp3) is 0.222. The minimum atomic E-state index is -4.43. The number of hydrogen-bond acceptors (Lipinski definition) is 6. The van der Waals surface area contributed by atoms with E-state index < -0.39 is 24.4 Å². The highest BCUT2D eigenvalue weighted by atomic mass is 19.4. The Morgan fingerprint density at radius 3 is 2.61 bits per heavy atom. The summed E-state index contributed by atoms with van der Waals surface area (Å²) in [5.41, 5.74) is 2.95. The number of aromatic hydroxyl groups is 2. The Labute approximate surface area is 158 Å². The van der Waals surface area contributed by atoms with Crippen LogP contribution in [0.15, 0.2) is 41.5 Å². The predicted molar refractivity (Wildman–Crippen MR) is 93.5 cm³/mol. The third-order valence-corrected chi connectivity index (χ3v) is 3.43. The first-order chi connectivity index (χ1) is 13.2. The Kier molecular flexibility index (Phi) is 6.83. The maximum absolute atomic E-state index is 12.2. The van der Waals surface area contributed by atoms with Crippen LogP contribution in [0.3, 0.4) is 0 Å². The number of ether oxygens (including phenoxy) is 2. The van der Waals surface area contributed by atoms with Gasteiger partial charge in [0.15, 0.2) is 0 Å². The normalized spacial score (nSPS) is 11.6. The topological polar surface area (TPSA) is 100 Å². The number of phenols is 2. The van der Waals surface area contributed by atoms with E-state index in [9.17, 15) is 28.2 Å². The first-order valence-corrected chi connectivity index (χ1v) is 7.86. The summed E-state index contributed by atoms with van der Waals surface area (Å²) in [6, 6.07) is 8.08. The molecular formula is C18H17F3N2O5. The van der Waals surface area contributed by atoms with Crippen LogP contribution in [-0.4, -0.2) is 42.2 Å². The highest BCUT2D eigenvalue weighted by Gasteiger charge is 2.27. The summed E-state index contributed by atoms with van der Waals surface area (Å²) in [6.07, 6.45) is -3.17. The van der Waals surface area contributed by atoms with Crippen molar-refractivity contribution in [1.82, 2.24) is 5.43 Å². The predicted octanol–water partition coefficient (Wildman–Crippen LogP) is 2.95. The maximum Gasteiger partial charge on any atom is 0.411 e. The molecule has 0 fully saturated rings. The van der Waals surface area contributed by atoms with Crippen LogP contribution in [0.5, 0.6) is 17.2 Å². The Balaban J connectivity index is 2.04. The standard InChI is InChI=1S/C18H17F3N2O5/c1-27-16-5-2-11(6-12(16)9-28-10-18(19,20)21)8-22-23-17(26)14-4-3-13(24)7-15(14)25/h2-8,24-25H,9-10H2,1H3,(H,23,26)/b22-8-. The fourth-order valence-electron chi connectivity index (χ4n) is 2.21. The first kappa shape index (κ1) is 21.0. The van der Waals surface area contributed by atoms with Gasteiger partial charge in [-0.2, -0.15) is 18.3 Å². The largest absolute Gasteiger partial charge is 0.508 e. The molecule has 0 bridgehead atoms. The van der Waals surface area contributed by atoms with Crippen molar-refractivity contribution in [3.8, 4) is 17.2 Å². The van der Waals surface area contributed by atoms with Gasteiger partial charge in [-0.3, -0.25) is 4.79 Å². The van der Waals surface area contributed by atoms with Gasteiger partial charge in [0.1, 0.15) is 23.9 Å². The SMILES string of the molecule is COc1ccc(/C=N\NC(=O)c2ccc(O)cc2O)cc1COCC(F)(F)F. The highest BCUT2D eigenvalue weighted by Crippen LogP contribution is 2.23. The molecule has 3 N–H and O–H groups in total. The maximum atomic E-state index is 12.2. The minimum absolute atomic E-state index is 0.0917. The molecule has 0 aliphatic carbocycles. The number of alkyl halides is 3. The van der Waals surface area contributed by atoms with Crippen molar-refractivity contribution in [2.24, 2.45) is 5.10 Å². The van der Waals surface area contributed by atoms with Gasteiger partial charge in [-0.25, -0.2) is 5.43 Å². The lowest BCUT2D eigenvalue weighted by Crippen LogP contribution is -2.17. The molecule has 150 valence electrons. The summed E-state index contributed by atoms with van der Waals surface area (Å²) >= 11 is 0. The molecule has 28 heavy (non-hydrogen) atoms. The molecule has 0 aliphatic heterocycles. The third-order valence-electron chi connectivity index (χ3n) is 3.43. The number of methoxy groups -OCH3 is 1. The number of nitrogens with zero attached hydrogens (tertiary/aromatic N) is 1. The molecule has 0 atom stereocenters. The van der Waals surface area contributed by atoms with E-state index in [2.05, 4.69) is 15.3 Å². The van der Waals surface area contributed by atoms with Crippen molar-refractivity contribution >= 4 is 12.1 Å². The highest BCUT2D eigenvalue weighted by molar-refractivity contribution is 5.97. The van der Waals surface area contributed by atoms with Gasteiger partial charge in [0.2, 0.25) is 0 Å². The minimum Gasteiger partial charge on any atom is -0.508 e. The Morgan fingerprint density at radius 1 is 1.21 bits per heavy atom. The zero-order valence-electron chi connectivity index (χ0n) is 14.7. The van der Waals surface area contributed by atoms with Crippen LogP contribution in [0.25, 0.3) is 0 Å². The molecule has 0 heterocycles. The van der Waals surface area contributed by atoms with Crippen LogP contribution in [0.1, 0.15) is 21.5 Å². The van der Waals surface area contributed by atoms with Gasteiger partial charge in [0, 0.05) is 11.6 Å². The molecular weight excluding hydrogens is 381 g/mol. The summed E-state index contributed by atoms with van der Waals surface area (Å²) in [5.74, 6) is -0.981. The number of carbonyl (C=O) groups excluding carboxylic acids is 1. The number of carbonyl (C=O) groups is 1. The van der Waals surface area contributed by atoms with E-state index in [-0.39, 0.29) is 17.9 Å². The van der Waals surface area contributed by atoms with Crippen molar-refractivity contribution in [3.05, 3.63) is 53.1 Å². The van der Waals surface area contributed by atoms with Crippen molar-refractivity contribution < 1.29 is 37.7 Å². The number of nitrogens with one attached hydrogen (secondary N) is 1. The van der Waals surface area contributed by atoms with Crippen molar-refractivity contribution in [1.29, 1.82) is 0 Å². The summed E-state index contributed by atoms with van der Waals surface area (Å²) in [4.78, 5) is 12.0. The van der Waals surface area contributed by atoms with Gasteiger partial charge in [0.05, 0.1) is 25.5 Å². The number of hydrogen-bond donors (Lipinski definition) is 3. The van der Waals surface area contributed by atoms with Crippen molar-refractivity contribution in [2.45, 2.75) is 12.8 Å². The molecule has 0 radical (unpaired) electrons. The number of halogens is 3. The smallest absolute Gasteiger partial charge is 0.411 e. The number of hydrazone groups is 1. The van der Waals surface area contributed by atoms with E-state index >= 15 is 0 Å². The van der Waals surface area contributed by atoms with E-state index in [1.165, 1.54) is 37.6 Å². The average Bonchev–Trinajstić information content (AvgIpc) is 2.60. The molecule has 2 aromatic carbocycles. The van der Waals surface area contributed by atoms with Crippen LogP contribution in [-0.2, 0) is 11.3 Å². The van der Waals surface area contributed by atoms with Crippen LogP contribution >= 0.6 is 0 Å². The van der Waals surface area contributed by atoms with Crippen molar-refractivity contribution in [2.75, 3.05) is 13.7 Å². The van der Waals surface area contributed by atoms with Crippen LogP contribution in [0.2, 0.25) is 0 Å². The van der Waals surface area contributed by atoms with Gasteiger partial charge in [-0.1, -0.05) is 0 Å². The molecule has 0 saturated heterocycles. The molecule has 0 spiro atoms. The zero-order valence-corrected chi connectivity index (χ0v) is 14.7. The second-order valence-corrected chi connectivity index (χ2v) is 5.58. The lowest BCUT2D eigenvalue weighted by molar-refractivity contribution is -0.176. The molecule has 2 rings (SSSR count). The molecule has 0 aromatic heterocycles. The van der Waals surface area contributed by atoms with Gasteiger partial charge in [-0.15, -0.1) is 0 Å². The van der Waals surface area contributed by atoms with Gasteiger partial charge in [-0.05, 0) is 35.9 Å².